The molecule has 166 valence electrons. The summed E-state index contributed by atoms with van der Waals surface area (Å²) < 4.78 is 43.1. The highest BCUT2D eigenvalue weighted by Gasteiger charge is 2.29. The molecule has 1 heterocycles. The minimum absolute atomic E-state index is 0.0673. The molecule has 31 heavy (non-hydrogen) atoms. The first-order valence-corrected chi connectivity index (χ1v) is 11.2. The van der Waals surface area contributed by atoms with Crippen LogP contribution in [0.1, 0.15) is 11.1 Å². The Bertz CT molecular complexity index is 1030. The Morgan fingerprint density at radius 3 is 2.45 bits per heavy atom. The smallest absolute Gasteiger partial charge is 0.246 e. The normalized spacial score (nSPS) is 15.0. The molecule has 9 heteroatoms. The fourth-order valence-corrected chi connectivity index (χ4v) is 4.69. The predicted molar refractivity (Wildman–Crippen MR) is 116 cm³/mol. The summed E-state index contributed by atoms with van der Waals surface area (Å²) >= 11 is 0. The third kappa shape index (κ3) is 5.84. The Kier molecular flexibility index (Phi) is 7.67. The van der Waals surface area contributed by atoms with Crippen LogP contribution in [0.25, 0.3) is 6.08 Å². The van der Waals surface area contributed by atoms with Gasteiger partial charge in [0.25, 0.3) is 0 Å². The minimum atomic E-state index is -3.73. The van der Waals surface area contributed by atoms with E-state index < -0.39 is 10.0 Å². The third-order valence-electron chi connectivity index (χ3n) is 4.83. The second-order valence-corrected chi connectivity index (χ2v) is 8.73. The van der Waals surface area contributed by atoms with Gasteiger partial charge in [0.1, 0.15) is 16.4 Å². The van der Waals surface area contributed by atoms with E-state index in [4.69, 9.17) is 14.2 Å². The Hall–Kier alpha value is -2.88. The number of rotatable bonds is 8. The van der Waals surface area contributed by atoms with E-state index in [1.165, 1.54) is 23.6 Å². The zero-order valence-electron chi connectivity index (χ0n) is 17.5. The highest BCUT2D eigenvalue weighted by Crippen LogP contribution is 2.28. The molecule has 1 amide bonds. The summed E-state index contributed by atoms with van der Waals surface area (Å²) in [6, 6.07) is 12.2. The number of nitrogens with one attached hydrogen (secondary N) is 1. The van der Waals surface area contributed by atoms with Gasteiger partial charge in [-0.1, -0.05) is 18.2 Å². The van der Waals surface area contributed by atoms with E-state index in [-0.39, 0.29) is 16.6 Å². The maximum atomic E-state index is 13.0. The topological polar surface area (TPSA) is 94.2 Å². The van der Waals surface area contributed by atoms with Gasteiger partial charge < -0.3 is 19.5 Å². The molecule has 1 saturated heterocycles. The minimum Gasteiger partial charge on any atom is -0.497 e. The fraction of sp³-hybridized carbons (Fsp3) is 0.318. The first-order chi connectivity index (χ1) is 14.9. The Labute approximate surface area is 182 Å². The van der Waals surface area contributed by atoms with Crippen LogP contribution in [-0.2, 0) is 26.1 Å². The van der Waals surface area contributed by atoms with Crippen LogP contribution in [0.5, 0.6) is 11.5 Å². The van der Waals surface area contributed by atoms with Gasteiger partial charge in [-0.2, -0.15) is 4.31 Å². The zero-order chi connectivity index (χ0) is 22.3. The second kappa shape index (κ2) is 10.4. The lowest BCUT2D eigenvalue weighted by molar-refractivity contribution is -0.116. The van der Waals surface area contributed by atoms with Gasteiger partial charge in [0.2, 0.25) is 15.9 Å². The SMILES string of the molecule is COc1ccc(CNC(=O)C=Cc2ccc(OC)c(S(=O)(=O)N3CCOCC3)c2)cc1. The lowest BCUT2D eigenvalue weighted by Crippen LogP contribution is -2.40. The van der Waals surface area contributed by atoms with Crippen molar-refractivity contribution >= 4 is 22.0 Å². The van der Waals surface area contributed by atoms with Crippen LogP contribution in [0.15, 0.2) is 53.4 Å². The fourth-order valence-electron chi connectivity index (χ4n) is 3.09. The molecule has 0 atom stereocenters. The lowest BCUT2D eigenvalue weighted by Gasteiger charge is -2.26. The summed E-state index contributed by atoms with van der Waals surface area (Å²) in [6.07, 6.45) is 2.94. The summed E-state index contributed by atoms with van der Waals surface area (Å²) in [4.78, 5) is 12.2. The van der Waals surface area contributed by atoms with E-state index in [0.29, 0.717) is 38.4 Å². The first kappa shape index (κ1) is 22.8. The van der Waals surface area contributed by atoms with Crippen molar-refractivity contribution in [1.82, 2.24) is 9.62 Å². The monoisotopic (exact) mass is 446 g/mol. The average Bonchev–Trinajstić information content (AvgIpc) is 2.82. The van der Waals surface area contributed by atoms with E-state index >= 15 is 0 Å². The summed E-state index contributed by atoms with van der Waals surface area (Å²) in [5, 5.41) is 2.79. The number of nitrogens with zero attached hydrogens (tertiary/aromatic N) is 1. The van der Waals surface area contributed by atoms with Crippen LogP contribution in [0.2, 0.25) is 0 Å². The third-order valence-corrected chi connectivity index (χ3v) is 6.75. The molecule has 1 fully saturated rings. The van der Waals surface area contributed by atoms with E-state index in [1.807, 2.05) is 24.3 Å². The highest BCUT2D eigenvalue weighted by atomic mass is 32.2. The maximum absolute atomic E-state index is 13.0. The van der Waals surface area contributed by atoms with Crippen molar-refractivity contribution in [3.8, 4) is 11.5 Å². The van der Waals surface area contributed by atoms with Crippen LogP contribution >= 0.6 is 0 Å². The number of ether oxygens (including phenoxy) is 3. The predicted octanol–water partition coefficient (Wildman–Crippen LogP) is 2.05. The molecule has 0 spiro atoms. The maximum Gasteiger partial charge on any atom is 0.246 e. The number of morpholine rings is 1. The molecule has 8 nitrogen and oxygen atoms in total. The summed E-state index contributed by atoms with van der Waals surface area (Å²) in [7, 11) is -0.712. The molecule has 1 aliphatic rings. The molecule has 2 aromatic carbocycles. The van der Waals surface area contributed by atoms with Crippen LogP contribution in [0.4, 0.5) is 0 Å². The van der Waals surface area contributed by atoms with Crippen molar-refractivity contribution in [3.05, 3.63) is 59.7 Å². The largest absolute Gasteiger partial charge is 0.497 e. The van der Waals surface area contributed by atoms with Crippen molar-refractivity contribution in [2.24, 2.45) is 0 Å². The van der Waals surface area contributed by atoms with Crippen molar-refractivity contribution in [2.75, 3.05) is 40.5 Å². The van der Waals surface area contributed by atoms with E-state index in [2.05, 4.69) is 5.32 Å². The zero-order valence-corrected chi connectivity index (χ0v) is 18.4. The van der Waals surface area contributed by atoms with Gasteiger partial charge in [-0.05, 0) is 41.5 Å². The number of carbonyl (C=O) groups excluding carboxylic acids is 1. The molecule has 1 aliphatic heterocycles. The molecular weight excluding hydrogens is 420 g/mol. The van der Waals surface area contributed by atoms with Crippen LogP contribution in [0.3, 0.4) is 0 Å². The van der Waals surface area contributed by atoms with Gasteiger partial charge in [0.15, 0.2) is 0 Å². The molecule has 0 radical (unpaired) electrons. The van der Waals surface area contributed by atoms with Crippen LogP contribution < -0.4 is 14.8 Å². The summed E-state index contributed by atoms with van der Waals surface area (Å²) in [6.45, 7) is 1.66. The van der Waals surface area contributed by atoms with Gasteiger partial charge in [-0.15, -0.1) is 0 Å². The Morgan fingerprint density at radius 1 is 1.10 bits per heavy atom. The Balaban J connectivity index is 1.70. The molecule has 3 rings (SSSR count). The van der Waals surface area contributed by atoms with Crippen molar-refractivity contribution in [2.45, 2.75) is 11.4 Å². The average molecular weight is 447 g/mol. The van der Waals surface area contributed by atoms with E-state index in [0.717, 1.165) is 11.3 Å². The number of methoxy groups -OCH3 is 2. The summed E-state index contributed by atoms with van der Waals surface area (Å²) in [5.74, 6) is 0.717. The molecule has 0 saturated carbocycles. The van der Waals surface area contributed by atoms with Crippen molar-refractivity contribution in [1.29, 1.82) is 0 Å². The second-order valence-electron chi connectivity index (χ2n) is 6.83. The Morgan fingerprint density at radius 2 is 1.81 bits per heavy atom. The lowest BCUT2D eigenvalue weighted by atomic mass is 10.2. The van der Waals surface area contributed by atoms with E-state index in [9.17, 15) is 13.2 Å². The quantitative estimate of drug-likeness (QED) is 0.624. The molecular formula is C22H26N2O6S. The summed E-state index contributed by atoms with van der Waals surface area (Å²) in [5.41, 5.74) is 1.51. The number of benzene rings is 2. The first-order valence-electron chi connectivity index (χ1n) is 9.79. The number of amides is 1. The number of hydrogen-bond donors (Lipinski definition) is 1. The molecule has 2 aromatic rings. The van der Waals surface area contributed by atoms with E-state index in [1.54, 1.807) is 25.3 Å². The van der Waals surface area contributed by atoms with Gasteiger partial charge in [0.05, 0.1) is 27.4 Å². The molecule has 1 N–H and O–H groups in total. The molecule has 0 unspecified atom stereocenters. The van der Waals surface area contributed by atoms with Gasteiger partial charge in [0, 0.05) is 25.7 Å². The number of carbonyl (C=O) groups is 1. The van der Waals surface area contributed by atoms with Crippen LogP contribution in [0, 0.1) is 0 Å². The van der Waals surface area contributed by atoms with Gasteiger partial charge in [-0.25, -0.2) is 8.42 Å². The standard InChI is InChI=1S/C22H26N2O6S/c1-28-19-7-3-18(4-8-19)16-23-22(25)10-6-17-5-9-20(29-2)21(15-17)31(26,27)24-11-13-30-14-12-24/h3-10,15H,11-14,16H2,1-2H3,(H,23,25). The van der Waals surface area contributed by atoms with Gasteiger partial charge >= 0.3 is 0 Å². The number of sulfonamides is 1. The number of hydrogen-bond acceptors (Lipinski definition) is 6. The van der Waals surface area contributed by atoms with Crippen LogP contribution in [-0.4, -0.2) is 59.2 Å². The highest BCUT2D eigenvalue weighted by molar-refractivity contribution is 7.89. The molecule has 0 bridgehead atoms. The van der Waals surface area contributed by atoms with Crippen molar-refractivity contribution in [3.63, 3.8) is 0 Å². The van der Waals surface area contributed by atoms with Gasteiger partial charge in [-0.3, -0.25) is 4.79 Å². The van der Waals surface area contributed by atoms with Crippen molar-refractivity contribution < 1.29 is 27.4 Å². The molecule has 0 aromatic heterocycles. The molecule has 0 aliphatic carbocycles.